The van der Waals surface area contributed by atoms with E-state index in [0.29, 0.717) is 24.5 Å². The van der Waals surface area contributed by atoms with Gasteiger partial charge >= 0.3 is 0 Å². The van der Waals surface area contributed by atoms with E-state index >= 15 is 0 Å². The van der Waals surface area contributed by atoms with E-state index in [9.17, 15) is 17.6 Å². The van der Waals surface area contributed by atoms with Crippen molar-refractivity contribution in [3.8, 4) is 0 Å². The van der Waals surface area contributed by atoms with E-state index in [1.165, 1.54) is 33.8 Å². The second-order valence-electron chi connectivity index (χ2n) is 8.50. The molecule has 186 valence electrons. The number of sulfonamides is 1. The molecular weight excluding hydrogens is 567 g/mol. The summed E-state index contributed by atoms with van der Waals surface area (Å²) in [6, 6.07) is 14.9. The summed E-state index contributed by atoms with van der Waals surface area (Å²) in [5.74, 6) is -1.27. The Morgan fingerprint density at radius 1 is 1.14 bits per heavy atom. The zero-order valence-electron chi connectivity index (χ0n) is 19.0. The van der Waals surface area contributed by atoms with E-state index in [-0.39, 0.29) is 29.8 Å². The molecule has 5 rings (SSSR count). The molecule has 2 aromatic carbocycles. The number of hydrogen-bond donors (Lipinski definition) is 0. The van der Waals surface area contributed by atoms with Gasteiger partial charge in [0, 0.05) is 35.9 Å². The van der Waals surface area contributed by atoms with Gasteiger partial charge in [-0.25, -0.2) is 17.8 Å². The summed E-state index contributed by atoms with van der Waals surface area (Å²) in [6.07, 6.45) is 4.07. The number of amides is 1. The molecule has 4 aromatic rings. The van der Waals surface area contributed by atoms with Crippen LogP contribution >= 0.6 is 27.3 Å². The Morgan fingerprint density at radius 3 is 2.64 bits per heavy atom. The topological polar surface area (TPSA) is 83.5 Å². The zero-order chi connectivity index (χ0) is 25.3. The third kappa shape index (κ3) is 5.06. The number of halogens is 2. The van der Waals surface area contributed by atoms with Gasteiger partial charge in [-0.05, 0) is 54.8 Å². The van der Waals surface area contributed by atoms with Gasteiger partial charge in [-0.15, -0.1) is 0 Å². The third-order valence-electron chi connectivity index (χ3n) is 6.16. The average molecular weight is 590 g/mol. The number of aromatic nitrogens is 2. The first-order valence-electron chi connectivity index (χ1n) is 11.3. The zero-order valence-corrected chi connectivity index (χ0v) is 22.3. The summed E-state index contributed by atoms with van der Waals surface area (Å²) in [7, 11) is -3.97. The Morgan fingerprint density at radius 2 is 1.92 bits per heavy atom. The Hall–Kier alpha value is -2.73. The number of thiazole rings is 1. The molecule has 0 unspecified atom stereocenters. The van der Waals surface area contributed by atoms with Crippen LogP contribution in [0.1, 0.15) is 18.4 Å². The van der Waals surface area contributed by atoms with Crippen molar-refractivity contribution in [2.75, 3.05) is 18.0 Å². The maximum atomic E-state index is 14.2. The fraction of sp³-hybridized carbons (Fsp3) is 0.240. The van der Waals surface area contributed by atoms with Crippen LogP contribution in [0, 0.1) is 11.7 Å². The first-order valence-corrected chi connectivity index (χ1v) is 14.4. The van der Waals surface area contributed by atoms with Gasteiger partial charge < -0.3 is 0 Å². The number of nitrogens with zero attached hydrogens (tertiary/aromatic N) is 4. The molecule has 11 heteroatoms. The predicted octanol–water partition coefficient (Wildman–Crippen LogP) is 5.23. The molecule has 0 spiro atoms. The average Bonchev–Trinajstić information content (AvgIpc) is 3.30. The van der Waals surface area contributed by atoms with Crippen LogP contribution < -0.4 is 4.90 Å². The first kappa shape index (κ1) is 24.9. The lowest BCUT2D eigenvalue weighted by Crippen LogP contribution is -2.44. The number of pyridine rings is 1. The highest BCUT2D eigenvalue weighted by atomic mass is 79.9. The van der Waals surface area contributed by atoms with E-state index < -0.39 is 15.8 Å². The minimum atomic E-state index is -3.97. The molecule has 2 aromatic heterocycles. The second kappa shape index (κ2) is 10.3. The molecule has 1 aliphatic rings. The number of hydrogen-bond acceptors (Lipinski definition) is 6. The normalized spacial score (nSPS) is 15.3. The molecule has 7 nitrogen and oxygen atoms in total. The molecule has 1 fully saturated rings. The summed E-state index contributed by atoms with van der Waals surface area (Å²) >= 11 is 4.91. The Bertz CT molecular complexity index is 1510. The number of piperidine rings is 1. The molecule has 0 aliphatic carbocycles. The predicted molar refractivity (Wildman–Crippen MR) is 141 cm³/mol. The van der Waals surface area contributed by atoms with Crippen molar-refractivity contribution in [1.82, 2.24) is 14.3 Å². The first-order chi connectivity index (χ1) is 17.3. The molecule has 1 saturated heterocycles. The van der Waals surface area contributed by atoms with Crippen LogP contribution in [0.3, 0.4) is 0 Å². The smallest absolute Gasteiger partial charge is 0.245 e. The number of benzene rings is 2. The minimum Gasteiger partial charge on any atom is -0.283 e. The third-order valence-corrected chi connectivity index (χ3v) is 9.62. The lowest BCUT2D eigenvalue weighted by molar-refractivity contribution is -0.123. The van der Waals surface area contributed by atoms with Gasteiger partial charge in [-0.1, -0.05) is 45.5 Å². The maximum Gasteiger partial charge on any atom is 0.245 e. The molecule has 0 radical (unpaired) electrons. The largest absolute Gasteiger partial charge is 0.283 e. The summed E-state index contributed by atoms with van der Waals surface area (Å²) in [6.45, 7) is 0.586. The van der Waals surface area contributed by atoms with Crippen LogP contribution in [0.2, 0.25) is 0 Å². The number of anilines is 1. The van der Waals surface area contributed by atoms with Gasteiger partial charge in [0.25, 0.3) is 0 Å². The van der Waals surface area contributed by atoms with Gasteiger partial charge in [-0.3, -0.25) is 14.7 Å². The molecular formula is C25H22BrFN4O3S2. The minimum absolute atomic E-state index is 0.111. The van der Waals surface area contributed by atoms with Crippen molar-refractivity contribution in [3.63, 3.8) is 0 Å². The van der Waals surface area contributed by atoms with Crippen molar-refractivity contribution in [2.45, 2.75) is 24.3 Å². The maximum absolute atomic E-state index is 14.2. The standard InChI is InChI=1S/C25H22BrFN4O3S2/c26-19-7-8-21-22(14-19)35-25(29-21)31(16-17-4-3-11-28-15-17)24(32)18-9-12-30(13-10-18)36(33,34)23-6-2-1-5-20(23)27/h1-8,11,14-15,18H,9-10,12-13,16H2. The number of carbonyl (C=O) groups excluding carboxylic acids is 1. The van der Waals surface area contributed by atoms with Crippen molar-refractivity contribution in [2.24, 2.45) is 5.92 Å². The molecule has 1 amide bonds. The molecule has 0 bridgehead atoms. The summed E-state index contributed by atoms with van der Waals surface area (Å²) in [4.78, 5) is 24.0. The van der Waals surface area contributed by atoms with Crippen LogP contribution in [0.15, 0.2) is 76.4 Å². The van der Waals surface area contributed by atoms with Crippen LogP contribution in [-0.2, 0) is 21.4 Å². The molecule has 0 atom stereocenters. The van der Waals surface area contributed by atoms with Crippen molar-refractivity contribution < 1.29 is 17.6 Å². The van der Waals surface area contributed by atoms with E-state index in [4.69, 9.17) is 4.98 Å². The highest BCUT2D eigenvalue weighted by molar-refractivity contribution is 9.10. The van der Waals surface area contributed by atoms with Crippen LogP contribution in [0.5, 0.6) is 0 Å². The van der Waals surface area contributed by atoms with E-state index in [0.717, 1.165) is 26.3 Å². The number of carbonyl (C=O) groups is 1. The van der Waals surface area contributed by atoms with Gasteiger partial charge in [-0.2, -0.15) is 4.31 Å². The van der Waals surface area contributed by atoms with Gasteiger partial charge in [0.2, 0.25) is 15.9 Å². The van der Waals surface area contributed by atoms with E-state index in [1.807, 2.05) is 30.3 Å². The monoisotopic (exact) mass is 588 g/mol. The number of fused-ring (bicyclic) bond motifs is 1. The molecule has 0 N–H and O–H groups in total. The summed E-state index contributed by atoms with van der Waals surface area (Å²) < 4.78 is 43.3. The molecule has 36 heavy (non-hydrogen) atoms. The summed E-state index contributed by atoms with van der Waals surface area (Å²) in [5, 5.41) is 0.582. The van der Waals surface area contributed by atoms with Crippen molar-refractivity contribution in [3.05, 3.63) is 82.8 Å². The molecule has 1 aliphatic heterocycles. The Balaban J connectivity index is 1.38. The molecule has 3 heterocycles. The fourth-order valence-corrected chi connectivity index (χ4v) is 7.33. The van der Waals surface area contributed by atoms with Gasteiger partial charge in [0.1, 0.15) is 10.7 Å². The number of rotatable bonds is 6. The van der Waals surface area contributed by atoms with E-state index in [2.05, 4.69) is 20.9 Å². The highest BCUT2D eigenvalue weighted by Crippen LogP contribution is 2.34. The quantitative estimate of drug-likeness (QED) is 0.308. The summed E-state index contributed by atoms with van der Waals surface area (Å²) in [5.41, 5.74) is 1.67. The Labute approximate surface area is 220 Å². The van der Waals surface area contributed by atoms with Crippen molar-refractivity contribution in [1.29, 1.82) is 0 Å². The van der Waals surface area contributed by atoms with Crippen molar-refractivity contribution >= 4 is 58.5 Å². The SMILES string of the molecule is O=C(C1CCN(S(=O)(=O)c2ccccc2F)CC1)N(Cc1cccnc1)c1nc2ccc(Br)cc2s1. The van der Waals surface area contributed by atoms with Crippen LogP contribution in [0.25, 0.3) is 10.2 Å². The van der Waals surface area contributed by atoms with Crippen LogP contribution in [-0.4, -0.2) is 41.7 Å². The van der Waals surface area contributed by atoms with Gasteiger partial charge in [0.05, 0.1) is 16.8 Å². The second-order valence-corrected chi connectivity index (χ2v) is 12.3. The highest BCUT2D eigenvalue weighted by Gasteiger charge is 2.36. The lowest BCUT2D eigenvalue weighted by Gasteiger charge is -2.33. The van der Waals surface area contributed by atoms with Crippen LogP contribution in [0.4, 0.5) is 9.52 Å². The van der Waals surface area contributed by atoms with E-state index in [1.54, 1.807) is 17.3 Å². The molecule has 0 saturated carbocycles. The fourth-order valence-electron chi connectivity index (χ4n) is 4.27. The Kier molecular flexibility index (Phi) is 7.16. The van der Waals surface area contributed by atoms with Gasteiger partial charge in [0.15, 0.2) is 5.13 Å². The lowest BCUT2D eigenvalue weighted by atomic mass is 9.96.